The molecule has 0 spiro atoms. The van der Waals surface area contributed by atoms with Crippen molar-refractivity contribution < 1.29 is 14.3 Å². The third kappa shape index (κ3) is 4.20. The predicted octanol–water partition coefficient (Wildman–Crippen LogP) is 3.73. The van der Waals surface area contributed by atoms with E-state index in [-0.39, 0.29) is 12.1 Å². The molecule has 1 saturated carbocycles. The molecule has 3 rings (SSSR count). The maximum Gasteiger partial charge on any atom is 0.321 e. The van der Waals surface area contributed by atoms with Crippen molar-refractivity contribution in [3.63, 3.8) is 0 Å². The second-order valence-electron chi connectivity index (χ2n) is 7.06. The molecule has 2 fully saturated rings. The summed E-state index contributed by atoms with van der Waals surface area (Å²) in [6.45, 7) is 6.29. The Hall–Kier alpha value is -1.75. The van der Waals surface area contributed by atoms with Gasteiger partial charge in [-0.1, -0.05) is 0 Å². The van der Waals surface area contributed by atoms with E-state index in [0.717, 1.165) is 54.5 Å². The molecule has 1 aromatic rings. The van der Waals surface area contributed by atoms with E-state index < -0.39 is 0 Å². The van der Waals surface area contributed by atoms with E-state index >= 15 is 0 Å². The maximum atomic E-state index is 12.6. The smallest absolute Gasteiger partial charge is 0.321 e. The lowest BCUT2D eigenvalue weighted by atomic mass is 10.1. The van der Waals surface area contributed by atoms with Gasteiger partial charge >= 0.3 is 6.03 Å². The zero-order chi connectivity index (χ0) is 17.1. The predicted molar refractivity (Wildman–Crippen MR) is 94.8 cm³/mol. The molecule has 2 aliphatic rings. The number of urea groups is 1. The summed E-state index contributed by atoms with van der Waals surface area (Å²) >= 11 is 0. The molecule has 132 valence electrons. The molecule has 1 aliphatic carbocycles. The number of carbonyl (C=O) groups excluding carboxylic acids is 1. The van der Waals surface area contributed by atoms with Gasteiger partial charge in [-0.25, -0.2) is 4.79 Å². The second-order valence-corrected chi connectivity index (χ2v) is 7.06. The molecule has 1 N–H and O–H groups in total. The zero-order valence-corrected chi connectivity index (χ0v) is 14.9. The number of rotatable bonds is 5. The Labute approximate surface area is 144 Å². The summed E-state index contributed by atoms with van der Waals surface area (Å²) in [6, 6.07) is 3.92. The first kappa shape index (κ1) is 17.1. The van der Waals surface area contributed by atoms with Gasteiger partial charge in [0.2, 0.25) is 0 Å². The van der Waals surface area contributed by atoms with Crippen molar-refractivity contribution in [3.05, 3.63) is 23.3 Å². The lowest BCUT2D eigenvalue weighted by molar-refractivity contribution is 0.00597. The zero-order valence-electron chi connectivity index (χ0n) is 14.9. The van der Waals surface area contributed by atoms with Crippen LogP contribution in [0.25, 0.3) is 0 Å². The third-order valence-electron chi connectivity index (χ3n) is 4.90. The number of ether oxygens (including phenoxy) is 2. The molecule has 1 atom stereocenters. The van der Waals surface area contributed by atoms with E-state index in [4.69, 9.17) is 9.47 Å². The van der Waals surface area contributed by atoms with Crippen molar-refractivity contribution in [2.75, 3.05) is 32.1 Å². The molecule has 1 heterocycles. The first-order valence-electron chi connectivity index (χ1n) is 8.89. The molecular weight excluding hydrogens is 304 g/mol. The van der Waals surface area contributed by atoms with Crippen LogP contribution in [0.2, 0.25) is 0 Å². The Kier molecular flexibility index (Phi) is 5.29. The molecule has 1 aliphatic heterocycles. The van der Waals surface area contributed by atoms with E-state index in [2.05, 4.69) is 5.32 Å². The fourth-order valence-corrected chi connectivity index (χ4v) is 3.18. The average Bonchev–Trinajstić information content (AvgIpc) is 3.40. The van der Waals surface area contributed by atoms with Crippen molar-refractivity contribution in [1.82, 2.24) is 4.90 Å². The van der Waals surface area contributed by atoms with Gasteiger partial charge in [-0.05, 0) is 63.1 Å². The summed E-state index contributed by atoms with van der Waals surface area (Å²) in [4.78, 5) is 14.5. The van der Waals surface area contributed by atoms with Crippen molar-refractivity contribution in [3.8, 4) is 5.75 Å². The van der Waals surface area contributed by atoms with E-state index in [9.17, 15) is 4.79 Å². The number of nitrogens with one attached hydrogen (secondary N) is 1. The van der Waals surface area contributed by atoms with Crippen LogP contribution in [-0.2, 0) is 4.74 Å². The van der Waals surface area contributed by atoms with Gasteiger partial charge in [-0.2, -0.15) is 0 Å². The number of hydrogen-bond donors (Lipinski definition) is 1. The molecule has 0 unspecified atom stereocenters. The number of nitrogens with zero attached hydrogens (tertiary/aromatic N) is 1. The molecule has 5 nitrogen and oxygen atoms in total. The molecule has 24 heavy (non-hydrogen) atoms. The summed E-state index contributed by atoms with van der Waals surface area (Å²) in [6.07, 6.45) is 4.82. The standard InChI is InChI=1S/C19H28N2O3/c1-13-9-17(14(2)18(10-13)23-3)20-19(22)21-8-4-5-16(11-21)24-12-15-6-7-15/h9-10,15-16H,4-8,11-12H2,1-3H3,(H,20,22)/t16-/m0/s1. The Morgan fingerprint density at radius 2 is 2.08 bits per heavy atom. The van der Waals surface area contributed by atoms with Gasteiger partial charge in [0.25, 0.3) is 0 Å². The number of carbonyl (C=O) groups is 1. The van der Waals surface area contributed by atoms with E-state index in [1.54, 1.807) is 7.11 Å². The van der Waals surface area contributed by atoms with Crippen LogP contribution in [0.15, 0.2) is 12.1 Å². The van der Waals surface area contributed by atoms with Gasteiger partial charge in [-0.3, -0.25) is 0 Å². The minimum absolute atomic E-state index is 0.0505. The second kappa shape index (κ2) is 7.43. The molecule has 0 aromatic heterocycles. The number of amides is 2. The highest BCUT2D eigenvalue weighted by atomic mass is 16.5. The van der Waals surface area contributed by atoms with Crippen molar-refractivity contribution in [2.24, 2.45) is 5.92 Å². The number of anilines is 1. The number of hydrogen-bond acceptors (Lipinski definition) is 3. The van der Waals surface area contributed by atoms with Crippen molar-refractivity contribution in [2.45, 2.75) is 45.6 Å². The average molecular weight is 332 g/mol. The van der Waals surface area contributed by atoms with Crippen LogP contribution in [-0.4, -0.2) is 43.8 Å². The van der Waals surface area contributed by atoms with Crippen LogP contribution in [0.5, 0.6) is 5.75 Å². The van der Waals surface area contributed by atoms with Crippen LogP contribution in [0.4, 0.5) is 10.5 Å². The van der Waals surface area contributed by atoms with E-state index in [0.29, 0.717) is 6.54 Å². The van der Waals surface area contributed by atoms with Crippen LogP contribution in [0.3, 0.4) is 0 Å². The van der Waals surface area contributed by atoms with Crippen LogP contribution < -0.4 is 10.1 Å². The fourth-order valence-electron chi connectivity index (χ4n) is 3.18. The Morgan fingerprint density at radius 1 is 1.29 bits per heavy atom. The lowest BCUT2D eigenvalue weighted by Gasteiger charge is -2.33. The number of likely N-dealkylation sites (tertiary alicyclic amines) is 1. The lowest BCUT2D eigenvalue weighted by Crippen LogP contribution is -2.45. The van der Waals surface area contributed by atoms with Gasteiger partial charge < -0.3 is 19.7 Å². The Balaban J connectivity index is 1.60. The third-order valence-corrected chi connectivity index (χ3v) is 4.90. The molecular formula is C19H28N2O3. The summed E-state index contributed by atoms with van der Waals surface area (Å²) in [5.74, 6) is 1.56. The molecule has 5 heteroatoms. The fraction of sp³-hybridized carbons (Fsp3) is 0.632. The molecule has 0 bridgehead atoms. The van der Waals surface area contributed by atoms with Gasteiger partial charge in [-0.15, -0.1) is 0 Å². The van der Waals surface area contributed by atoms with Gasteiger partial charge in [0.15, 0.2) is 0 Å². The maximum absolute atomic E-state index is 12.6. The van der Waals surface area contributed by atoms with Crippen molar-refractivity contribution in [1.29, 1.82) is 0 Å². The number of benzene rings is 1. The molecule has 0 radical (unpaired) electrons. The summed E-state index contributed by atoms with van der Waals surface area (Å²) in [5, 5.41) is 3.04. The van der Waals surface area contributed by atoms with Crippen LogP contribution >= 0.6 is 0 Å². The van der Waals surface area contributed by atoms with Crippen molar-refractivity contribution >= 4 is 11.7 Å². The van der Waals surface area contributed by atoms with Gasteiger partial charge in [0.05, 0.1) is 13.2 Å². The Morgan fingerprint density at radius 3 is 2.79 bits per heavy atom. The number of aryl methyl sites for hydroxylation is 1. The number of methoxy groups -OCH3 is 1. The first-order valence-corrected chi connectivity index (χ1v) is 8.89. The normalized spacial score (nSPS) is 20.8. The summed E-state index contributed by atoms with van der Waals surface area (Å²) in [5.41, 5.74) is 2.84. The SMILES string of the molecule is COc1cc(C)cc(NC(=O)N2CCC[C@H](OCC3CC3)C2)c1C. The van der Waals surface area contributed by atoms with E-state index in [1.165, 1.54) is 12.8 Å². The highest BCUT2D eigenvalue weighted by Gasteiger charge is 2.27. The molecule has 2 amide bonds. The topological polar surface area (TPSA) is 50.8 Å². The quantitative estimate of drug-likeness (QED) is 0.894. The first-order chi connectivity index (χ1) is 11.6. The van der Waals surface area contributed by atoms with Crippen LogP contribution in [0.1, 0.15) is 36.8 Å². The highest BCUT2D eigenvalue weighted by Crippen LogP contribution is 2.30. The van der Waals surface area contributed by atoms with Gasteiger partial charge in [0, 0.05) is 30.9 Å². The summed E-state index contributed by atoms with van der Waals surface area (Å²) < 4.78 is 11.4. The van der Waals surface area contributed by atoms with Gasteiger partial charge in [0.1, 0.15) is 5.75 Å². The monoisotopic (exact) mass is 332 g/mol. The largest absolute Gasteiger partial charge is 0.496 e. The minimum Gasteiger partial charge on any atom is -0.496 e. The summed E-state index contributed by atoms with van der Waals surface area (Å²) in [7, 11) is 1.65. The van der Waals surface area contributed by atoms with E-state index in [1.807, 2.05) is 30.9 Å². The Bertz CT molecular complexity index is 599. The highest BCUT2D eigenvalue weighted by molar-refractivity contribution is 5.90. The number of piperidine rings is 1. The molecule has 1 aromatic carbocycles. The molecule has 1 saturated heterocycles. The minimum atomic E-state index is -0.0505. The van der Waals surface area contributed by atoms with Crippen LogP contribution in [0, 0.1) is 19.8 Å².